The third kappa shape index (κ3) is 6.98. The first-order chi connectivity index (χ1) is 6.80. The molecule has 2 rings (SSSR count). The monoisotopic (exact) mass is 268 g/mol. The summed E-state index contributed by atoms with van der Waals surface area (Å²) in [6.07, 6.45) is 0. The number of halogens is 3. The Morgan fingerprint density at radius 1 is 0.800 bits per heavy atom. The predicted octanol–water partition coefficient (Wildman–Crippen LogP) is 2.59. The van der Waals surface area contributed by atoms with E-state index in [9.17, 15) is 0 Å². The van der Waals surface area contributed by atoms with Crippen LogP contribution in [0.1, 0.15) is 0 Å². The van der Waals surface area contributed by atoms with E-state index < -0.39 is 0 Å². The first kappa shape index (κ1) is 15.0. The lowest BCUT2D eigenvalue weighted by atomic mass is 10.4. The van der Waals surface area contributed by atoms with Crippen molar-refractivity contribution in [3.05, 3.63) is 34.3 Å². The lowest BCUT2D eigenvalue weighted by Crippen LogP contribution is -2.39. The van der Waals surface area contributed by atoms with Gasteiger partial charge in [0, 0.05) is 26.2 Å². The van der Waals surface area contributed by atoms with Crippen LogP contribution in [-0.4, -0.2) is 26.2 Å². The van der Waals surface area contributed by atoms with Gasteiger partial charge in [-0.2, -0.15) is 0 Å². The van der Waals surface area contributed by atoms with Crippen LogP contribution in [0.4, 0.5) is 0 Å². The summed E-state index contributed by atoms with van der Waals surface area (Å²) in [5, 5.41) is 7.66. The summed E-state index contributed by atoms with van der Waals surface area (Å²) >= 11 is 11.2. The quantitative estimate of drug-likeness (QED) is 0.756. The van der Waals surface area contributed by atoms with Gasteiger partial charge < -0.3 is 10.6 Å². The average molecular weight is 270 g/mol. The SMILES string of the molecule is C1CNCCN1.Cl.Clc1ccccc1Cl. The molecule has 0 spiro atoms. The molecule has 1 fully saturated rings. The molecule has 0 unspecified atom stereocenters. The van der Waals surface area contributed by atoms with Crippen molar-refractivity contribution in [2.24, 2.45) is 0 Å². The average Bonchev–Trinajstić information content (AvgIpc) is 2.26. The van der Waals surface area contributed by atoms with Gasteiger partial charge in [-0.05, 0) is 12.1 Å². The largest absolute Gasteiger partial charge is 0.314 e. The van der Waals surface area contributed by atoms with Crippen molar-refractivity contribution < 1.29 is 0 Å². The van der Waals surface area contributed by atoms with Gasteiger partial charge in [-0.3, -0.25) is 0 Å². The second-order valence-electron chi connectivity index (χ2n) is 2.91. The number of nitrogens with one attached hydrogen (secondary N) is 2. The molecule has 1 aromatic rings. The van der Waals surface area contributed by atoms with Crippen LogP contribution in [0.3, 0.4) is 0 Å². The molecule has 5 heteroatoms. The van der Waals surface area contributed by atoms with Crippen molar-refractivity contribution in [2.45, 2.75) is 0 Å². The first-order valence-corrected chi connectivity index (χ1v) is 5.38. The second-order valence-corrected chi connectivity index (χ2v) is 3.73. The molecule has 2 nitrogen and oxygen atoms in total. The summed E-state index contributed by atoms with van der Waals surface area (Å²) in [6.45, 7) is 4.56. The Bertz CT molecular complexity index is 232. The Kier molecular flexibility index (Phi) is 9.26. The summed E-state index contributed by atoms with van der Waals surface area (Å²) in [7, 11) is 0. The Hall–Kier alpha value is 0.01000. The first-order valence-electron chi connectivity index (χ1n) is 4.62. The van der Waals surface area contributed by atoms with Gasteiger partial charge in [0.05, 0.1) is 10.0 Å². The van der Waals surface area contributed by atoms with Crippen molar-refractivity contribution in [2.75, 3.05) is 26.2 Å². The molecule has 1 aromatic carbocycles. The fraction of sp³-hybridized carbons (Fsp3) is 0.400. The number of hydrogen-bond donors (Lipinski definition) is 2. The van der Waals surface area contributed by atoms with Gasteiger partial charge in [0.2, 0.25) is 0 Å². The molecule has 1 aliphatic rings. The topological polar surface area (TPSA) is 24.1 Å². The van der Waals surface area contributed by atoms with Gasteiger partial charge in [0.15, 0.2) is 0 Å². The molecule has 2 N–H and O–H groups in total. The van der Waals surface area contributed by atoms with Crippen LogP contribution in [0, 0.1) is 0 Å². The molecule has 0 bridgehead atoms. The highest BCUT2D eigenvalue weighted by Crippen LogP contribution is 2.19. The summed E-state index contributed by atoms with van der Waals surface area (Å²) < 4.78 is 0. The maximum atomic E-state index is 5.58. The van der Waals surface area contributed by atoms with Gasteiger partial charge in [0.25, 0.3) is 0 Å². The molecule has 0 saturated carbocycles. The molecule has 0 amide bonds. The van der Waals surface area contributed by atoms with Crippen LogP contribution < -0.4 is 10.6 Å². The van der Waals surface area contributed by atoms with E-state index in [2.05, 4.69) is 10.6 Å². The van der Waals surface area contributed by atoms with Crippen LogP contribution in [0.2, 0.25) is 10.0 Å². The zero-order valence-electron chi connectivity index (χ0n) is 8.30. The Labute approximate surface area is 107 Å². The lowest BCUT2D eigenvalue weighted by Gasteiger charge is -2.11. The van der Waals surface area contributed by atoms with Crippen molar-refractivity contribution in [3.63, 3.8) is 0 Å². The lowest BCUT2D eigenvalue weighted by molar-refractivity contribution is 0.534. The smallest absolute Gasteiger partial charge is 0.0592 e. The van der Waals surface area contributed by atoms with E-state index in [1.807, 2.05) is 12.1 Å². The Balaban J connectivity index is 0.000000253. The molecule has 1 saturated heterocycles. The molecular formula is C10H15Cl3N2. The highest BCUT2D eigenvalue weighted by molar-refractivity contribution is 6.41. The molecule has 15 heavy (non-hydrogen) atoms. The number of hydrogen-bond acceptors (Lipinski definition) is 2. The van der Waals surface area contributed by atoms with E-state index in [-0.39, 0.29) is 12.4 Å². The predicted molar refractivity (Wildman–Crippen MR) is 69.4 cm³/mol. The molecule has 0 aliphatic carbocycles. The van der Waals surface area contributed by atoms with Crippen LogP contribution >= 0.6 is 35.6 Å². The van der Waals surface area contributed by atoms with E-state index in [4.69, 9.17) is 23.2 Å². The van der Waals surface area contributed by atoms with Gasteiger partial charge in [-0.25, -0.2) is 0 Å². The van der Waals surface area contributed by atoms with Crippen LogP contribution in [0.5, 0.6) is 0 Å². The van der Waals surface area contributed by atoms with E-state index in [1.54, 1.807) is 12.1 Å². The van der Waals surface area contributed by atoms with Gasteiger partial charge in [-0.1, -0.05) is 35.3 Å². The van der Waals surface area contributed by atoms with Crippen LogP contribution in [0.15, 0.2) is 24.3 Å². The molecule has 1 aliphatic heterocycles. The third-order valence-electron chi connectivity index (χ3n) is 1.78. The Morgan fingerprint density at radius 2 is 1.13 bits per heavy atom. The fourth-order valence-electron chi connectivity index (χ4n) is 1.04. The minimum absolute atomic E-state index is 0. The summed E-state index contributed by atoms with van der Waals surface area (Å²) in [5.41, 5.74) is 0. The summed E-state index contributed by atoms with van der Waals surface area (Å²) in [6, 6.07) is 7.19. The van der Waals surface area contributed by atoms with Gasteiger partial charge >= 0.3 is 0 Å². The molecule has 0 radical (unpaired) electrons. The maximum Gasteiger partial charge on any atom is 0.0592 e. The minimum Gasteiger partial charge on any atom is -0.314 e. The van der Waals surface area contributed by atoms with Crippen LogP contribution in [-0.2, 0) is 0 Å². The number of rotatable bonds is 0. The van der Waals surface area contributed by atoms with Crippen molar-refractivity contribution >= 4 is 35.6 Å². The van der Waals surface area contributed by atoms with Crippen molar-refractivity contribution in [1.82, 2.24) is 10.6 Å². The highest BCUT2D eigenvalue weighted by atomic mass is 35.5. The van der Waals surface area contributed by atoms with E-state index in [1.165, 1.54) is 0 Å². The number of benzene rings is 1. The highest BCUT2D eigenvalue weighted by Gasteiger charge is 1.91. The molecule has 86 valence electrons. The molecule has 0 atom stereocenters. The minimum atomic E-state index is 0. The van der Waals surface area contributed by atoms with E-state index in [0.29, 0.717) is 10.0 Å². The second kappa shape index (κ2) is 9.25. The van der Waals surface area contributed by atoms with Gasteiger partial charge in [0.1, 0.15) is 0 Å². The zero-order chi connectivity index (χ0) is 10.2. The molecular weight excluding hydrogens is 254 g/mol. The molecule has 0 aromatic heterocycles. The number of piperazine rings is 1. The van der Waals surface area contributed by atoms with Crippen molar-refractivity contribution in [1.29, 1.82) is 0 Å². The molecule has 1 heterocycles. The van der Waals surface area contributed by atoms with Gasteiger partial charge in [-0.15, -0.1) is 12.4 Å². The van der Waals surface area contributed by atoms with E-state index in [0.717, 1.165) is 26.2 Å². The standard InChI is InChI=1S/C6H4Cl2.C4H10N2.ClH/c7-5-3-1-2-4-6(5)8;1-2-6-4-3-5-1;/h1-4H;5-6H,1-4H2;1H. The zero-order valence-corrected chi connectivity index (χ0v) is 10.6. The maximum absolute atomic E-state index is 5.58. The summed E-state index contributed by atoms with van der Waals surface area (Å²) in [4.78, 5) is 0. The van der Waals surface area contributed by atoms with Crippen LogP contribution in [0.25, 0.3) is 0 Å². The normalized spacial score (nSPS) is 14.5. The third-order valence-corrected chi connectivity index (χ3v) is 2.54. The Morgan fingerprint density at radius 3 is 1.33 bits per heavy atom. The van der Waals surface area contributed by atoms with Crippen molar-refractivity contribution in [3.8, 4) is 0 Å². The fourth-order valence-corrected chi connectivity index (χ4v) is 1.31. The van der Waals surface area contributed by atoms with E-state index >= 15 is 0 Å². The summed E-state index contributed by atoms with van der Waals surface area (Å²) in [5.74, 6) is 0.